The maximum Gasteiger partial charge on any atom is 0.221 e. The Balaban J connectivity index is 2.03. The molecule has 4 heteroatoms. The van der Waals surface area contributed by atoms with Crippen molar-refractivity contribution in [3.63, 3.8) is 0 Å². The molecule has 2 heterocycles. The lowest BCUT2D eigenvalue weighted by Crippen LogP contribution is -2.17. The van der Waals surface area contributed by atoms with Gasteiger partial charge in [0.25, 0.3) is 0 Å². The topological polar surface area (TPSA) is 42.7 Å². The fourth-order valence-electron chi connectivity index (χ4n) is 1.77. The molecular weight excluding hydrogens is 188 g/mol. The van der Waals surface area contributed by atoms with E-state index in [9.17, 15) is 0 Å². The summed E-state index contributed by atoms with van der Waals surface area (Å²) in [6, 6.07) is 10.1. The monoisotopic (exact) mass is 200 g/mol. The van der Waals surface area contributed by atoms with Crippen LogP contribution in [0.3, 0.4) is 0 Å². The van der Waals surface area contributed by atoms with E-state index in [1.54, 1.807) is 0 Å². The molecule has 0 atom stereocenters. The van der Waals surface area contributed by atoms with Crippen LogP contribution in [0.15, 0.2) is 30.3 Å². The maximum atomic E-state index is 4.46. The number of aromatic nitrogens is 3. The number of benzene rings is 1. The van der Waals surface area contributed by atoms with Gasteiger partial charge in [0.15, 0.2) is 5.82 Å². The molecule has 1 aromatic carbocycles. The third-order valence-electron chi connectivity index (χ3n) is 2.53. The highest BCUT2D eigenvalue weighted by Crippen LogP contribution is 2.19. The highest BCUT2D eigenvalue weighted by Gasteiger charge is 2.13. The van der Waals surface area contributed by atoms with E-state index in [1.165, 1.54) is 0 Å². The Labute approximate surface area is 88.0 Å². The summed E-state index contributed by atoms with van der Waals surface area (Å²) in [5.41, 5.74) is 1.07. The molecule has 76 valence electrons. The molecule has 0 saturated carbocycles. The van der Waals surface area contributed by atoms with Gasteiger partial charge in [-0.25, -0.2) is 4.68 Å². The van der Waals surface area contributed by atoms with Gasteiger partial charge in [-0.1, -0.05) is 30.3 Å². The summed E-state index contributed by atoms with van der Waals surface area (Å²) >= 11 is 0. The van der Waals surface area contributed by atoms with Crippen LogP contribution in [0, 0.1) is 0 Å². The Morgan fingerprint density at radius 2 is 2.07 bits per heavy atom. The van der Waals surface area contributed by atoms with Crippen LogP contribution in [0.2, 0.25) is 0 Å². The molecule has 4 nitrogen and oxygen atoms in total. The zero-order valence-corrected chi connectivity index (χ0v) is 8.35. The van der Waals surface area contributed by atoms with Crippen LogP contribution < -0.4 is 5.32 Å². The molecule has 0 unspecified atom stereocenters. The number of rotatable bonds is 1. The van der Waals surface area contributed by atoms with Gasteiger partial charge in [0, 0.05) is 18.7 Å². The third kappa shape index (κ3) is 1.48. The van der Waals surface area contributed by atoms with Gasteiger partial charge in [-0.3, -0.25) is 0 Å². The van der Waals surface area contributed by atoms with E-state index in [1.807, 2.05) is 35.0 Å². The van der Waals surface area contributed by atoms with Crippen molar-refractivity contribution in [1.82, 2.24) is 14.8 Å². The SMILES string of the molecule is c1ccc(-c2nc3n(n2)CCCN3)cc1. The lowest BCUT2D eigenvalue weighted by Gasteiger charge is -2.12. The highest BCUT2D eigenvalue weighted by atomic mass is 15.4. The van der Waals surface area contributed by atoms with Crippen molar-refractivity contribution in [1.29, 1.82) is 0 Å². The molecule has 0 saturated heterocycles. The number of aryl methyl sites for hydroxylation is 1. The molecule has 0 radical (unpaired) electrons. The zero-order valence-electron chi connectivity index (χ0n) is 8.35. The zero-order chi connectivity index (χ0) is 10.1. The molecule has 1 N–H and O–H groups in total. The smallest absolute Gasteiger partial charge is 0.221 e. The van der Waals surface area contributed by atoms with Crippen molar-refractivity contribution in [2.75, 3.05) is 11.9 Å². The molecule has 0 aliphatic carbocycles. The van der Waals surface area contributed by atoms with Crippen LogP contribution in [-0.4, -0.2) is 21.3 Å². The summed E-state index contributed by atoms with van der Waals surface area (Å²) in [7, 11) is 0. The summed E-state index contributed by atoms with van der Waals surface area (Å²) in [5, 5.41) is 7.71. The van der Waals surface area contributed by atoms with Crippen LogP contribution in [0.1, 0.15) is 6.42 Å². The second-order valence-corrected chi connectivity index (χ2v) is 3.63. The first-order valence-electron chi connectivity index (χ1n) is 5.17. The number of hydrogen-bond acceptors (Lipinski definition) is 3. The number of nitrogens with one attached hydrogen (secondary N) is 1. The fraction of sp³-hybridized carbons (Fsp3) is 0.273. The van der Waals surface area contributed by atoms with Gasteiger partial charge >= 0.3 is 0 Å². The Kier molecular flexibility index (Phi) is 1.91. The van der Waals surface area contributed by atoms with E-state index >= 15 is 0 Å². The van der Waals surface area contributed by atoms with Crippen molar-refractivity contribution >= 4 is 5.95 Å². The standard InChI is InChI=1S/C11H12N4/c1-2-5-9(6-3-1)10-13-11-12-7-4-8-15(11)14-10/h1-3,5-6H,4,7-8H2,(H,12,13,14). The van der Waals surface area contributed by atoms with Crippen LogP contribution in [0.4, 0.5) is 5.95 Å². The predicted octanol–water partition coefficient (Wildman–Crippen LogP) is 1.76. The molecule has 2 aromatic rings. The molecule has 0 fully saturated rings. The Bertz CT molecular complexity index is 437. The second kappa shape index (κ2) is 3.38. The summed E-state index contributed by atoms with van der Waals surface area (Å²) < 4.78 is 1.94. The van der Waals surface area contributed by atoms with Crippen molar-refractivity contribution in [2.24, 2.45) is 0 Å². The van der Waals surface area contributed by atoms with E-state index in [4.69, 9.17) is 0 Å². The normalized spacial score (nSPS) is 14.4. The van der Waals surface area contributed by atoms with Crippen molar-refractivity contribution in [3.8, 4) is 11.4 Å². The molecule has 3 rings (SSSR count). The first-order chi connectivity index (χ1) is 7.43. The summed E-state index contributed by atoms with van der Waals surface area (Å²) in [4.78, 5) is 4.46. The maximum absolute atomic E-state index is 4.46. The van der Waals surface area contributed by atoms with Gasteiger partial charge in [-0.05, 0) is 6.42 Å². The van der Waals surface area contributed by atoms with E-state index < -0.39 is 0 Å². The van der Waals surface area contributed by atoms with Crippen molar-refractivity contribution < 1.29 is 0 Å². The average Bonchev–Trinajstić information content (AvgIpc) is 2.74. The molecule has 0 amide bonds. The van der Waals surface area contributed by atoms with E-state index in [0.717, 1.165) is 36.8 Å². The molecule has 1 aromatic heterocycles. The van der Waals surface area contributed by atoms with Gasteiger partial charge in [0.1, 0.15) is 0 Å². The van der Waals surface area contributed by atoms with E-state index in [-0.39, 0.29) is 0 Å². The molecule has 0 spiro atoms. The molecular formula is C11H12N4. The number of anilines is 1. The minimum Gasteiger partial charge on any atom is -0.354 e. The summed E-state index contributed by atoms with van der Waals surface area (Å²) in [6.45, 7) is 1.95. The van der Waals surface area contributed by atoms with Gasteiger partial charge < -0.3 is 5.32 Å². The lowest BCUT2D eigenvalue weighted by molar-refractivity contribution is 0.566. The van der Waals surface area contributed by atoms with Crippen molar-refractivity contribution in [3.05, 3.63) is 30.3 Å². The number of nitrogens with zero attached hydrogens (tertiary/aromatic N) is 3. The van der Waals surface area contributed by atoms with Crippen LogP contribution in [0.5, 0.6) is 0 Å². The Hall–Kier alpha value is -1.84. The van der Waals surface area contributed by atoms with Gasteiger partial charge in [0.2, 0.25) is 5.95 Å². The van der Waals surface area contributed by atoms with E-state index in [2.05, 4.69) is 15.4 Å². The summed E-state index contributed by atoms with van der Waals surface area (Å²) in [5.74, 6) is 1.69. The minimum absolute atomic E-state index is 0.806. The fourth-order valence-corrected chi connectivity index (χ4v) is 1.77. The average molecular weight is 200 g/mol. The first-order valence-corrected chi connectivity index (χ1v) is 5.17. The first kappa shape index (κ1) is 8.47. The third-order valence-corrected chi connectivity index (χ3v) is 2.53. The minimum atomic E-state index is 0.806. The van der Waals surface area contributed by atoms with Gasteiger partial charge in [0.05, 0.1) is 0 Å². The Morgan fingerprint density at radius 3 is 2.87 bits per heavy atom. The number of fused-ring (bicyclic) bond motifs is 1. The molecule has 15 heavy (non-hydrogen) atoms. The highest BCUT2D eigenvalue weighted by molar-refractivity contribution is 5.56. The number of hydrogen-bond donors (Lipinski definition) is 1. The summed E-state index contributed by atoms with van der Waals surface area (Å²) in [6.07, 6.45) is 1.12. The predicted molar refractivity (Wildman–Crippen MR) is 58.6 cm³/mol. The van der Waals surface area contributed by atoms with Crippen LogP contribution in [-0.2, 0) is 6.54 Å². The quantitative estimate of drug-likeness (QED) is 0.762. The van der Waals surface area contributed by atoms with Crippen LogP contribution >= 0.6 is 0 Å². The lowest BCUT2D eigenvalue weighted by atomic mass is 10.2. The largest absolute Gasteiger partial charge is 0.354 e. The Morgan fingerprint density at radius 1 is 1.20 bits per heavy atom. The van der Waals surface area contributed by atoms with Gasteiger partial charge in [-0.2, -0.15) is 4.98 Å². The second-order valence-electron chi connectivity index (χ2n) is 3.63. The van der Waals surface area contributed by atoms with Crippen molar-refractivity contribution in [2.45, 2.75) is 13.0 Å². The molecule has 1 aliphatic heterocycles. The van der Waals surface area contributed by atoms with Crippen LogP contribution in [0.25, 0.3) is 11.4 Å². The molecule has 0 bridgehead atoms. The van der Waals surface area contributed by atoms with Gasteiger partial charge in [-0.15, -0.1) is 5.10 Å². The molecule has 1 aliphatic rings. The van der Waals surface area contributed by atoms with E-state index in [0.29, 0.717) is 0 Å².